The number of rotatable bonds is 14. The van der Waals surface area contributed by atoms with Gasteiger partial charge in [-0.15, -0.1) is 0 Å². The third-order valence-corrected chi connectivity index (χ3v) is 4.95. The van der Waals surface area contributed by atoms with Gasteiger partial charge >= 0.3 is 37.0 Å². The van der Waals surface area contributed by atoms with Crippen LogP contribution in [0, 0.1) is 11.8 Å². The number of phosphoric ester groups is 1. The van der Waals surface area contributed by atoms with Gasteiger partial charge in [-0.3, -0.25) is 4.57 Å². The summed E-state index contributed by atoms with van der Waals surface area (Å²) in [5.74, 6) is 0.607. The normalized spacial score (nSPS) is 16.0. The van der Waals surface area contributed by atoms with Crippen LogP contribution in [0.3, 0.4) is 0 Å². The molecule has 0 aliphatic rings. The van der Waals surface area contributed by atoms with Gasteiger partial charge in [0.25, 0.3) is 7.82 Å². The van der Waals surface area contributed by atoms with E-state index < -0.39 is 7.82 Å². The van der Waals surface area contributed by atoms with Crippen molar-refractivity contribution < 1.29 is 44.6 Å². The van der Waals surface area contributed by atoms with Crippen molar-refractivity contribution in [3.8, 4) is 0 Å². The Kier molecular flexibility index (Phi) is 21.4. The Labute approximate surface area is 167 Å². The van der Waals surface area contributed by atoms with Crippen molar-refractivity contribution in [2.75, 3.05) is 13.2 Å². The molecule has 0 aromatic carbocycles. The molecule has 0 bridgehead atoms. The molecular weight excluding hydrogens is 512 g/mol. The van der Waals surface area contributed by atoms with Crippen molar-refractivity contribution in [3.63, 3.8) is 0 Å². The van der Waals surface area contributed by atoms with E-state index in [9.17, 15) is 9.46 Å². The maximum atomic E-state index is 11.8. The fourth-order valence-corrected chi connectivity index (χ4v) is 3.09. The second-order valence-electron chi connectivity index (χ2n) is 6.37. The first-order valence-electron chi connectivity index (χ1n) is 9.79. The SMILES string of the molecule is CCCCC(CC)COP(=O)([O-])OCC(CC)CCCC.C[CH2][Hg+]. The molecule has 0 N–H and O–H groups in total. The maximum absolute atomic E-state index is 11.8. The van der Waals surface area contributed by atoms with Gasteiger partial charge in [0.15, 0.2) is 0 Å². The molecule has 0 fully saturated rings. The first kappa shape index (κ1) is 27.3. The summed E-state index contributed by atoms with van der Waals surface area (Å²) in [6.07, 6.45) is 8.38. The molecule has 0 aromatic rings. The Morgan fingerprint density at radius 1 is 0.875 bits per heavy atom. The predicted octanol–water partition coefficient (Wildman–Crippen LogP) is 5.89. The van der Waals surface area contributed by atoms with Gasteiger partial charge in [0.2, 0.25) is 0 Å². The van der Waals surface area contributed by atoms with Crippen molar-refractivity contribution >= 4 is 7.82 Å². The van der Waals surface area contributed by atoms with E-state index in [0.717, 1.165) is 77.5 Å². The van der Waals surface area contributed by atoms with E-state index in [-0.39, 0.29) is 13.2 Å². The van der Waals surface area contributed by atoms with E-state index in [2.05, 4.69) is 34.6 Å². The van der Waals surface area contributed by atoms with Gasteiger partial charge in [-0.25, -0.2) is 0 Å². The molecule has 0 amide bonds. The molecule has 24 heavy (non-hydrogen) atoms. The Morgan fingerprint density at radius 2 is 1.21 bits per heavy atom. The van der Waals surface area contributed by atoms with Gasteiger partial charge in [0.1, 0.15) is 0 Å². The minimum absolute atomic E-state index is 0.253. The molecule has 2 atom stereocenters. The van der Waals surface area contributed by atoms with Crippen LogP contribution in [-0.2, 0) is 39.7 Å². The van der Waals surface area contributed by atoms with Crippen LogP contribution in [0.5, 0.6) is 0 Å². The van der Waals surface area contributed by atoms with Gasteiger partial charge in [-0.05, 0) is 24.7 Å². The van der Waals surface area contributed by atoms with Gasteiger partial charge in [0.05, 0.1) is 13.2 Å². The van der Waals surface area contributed by atoms with Gasteiger partial charge in [-0.2, -0.15) is 0 Å². The minimum atomic E-state index is -4.14. The van der Waals surface area contributed by atoms with Crippen LogP contribution < -0.4 is 4.89 Å². The first-order valence-corrected chi connectivity index (χ1v) is 15.1. The fraction of sp³-hybridized carbons (Fsp3) is 1.00. The van der Waals surface area contributed by atoms with Crippen LogP contribution in [0.2, 0.25) is 3.93 Å². The summed E-state index contributed by atoms with van der Waals surface area (Å²) in [6, 6.07) is 0. The molecule has 0 rings (SSSR count). The number of hydrogen-bond donors (Lipinski definition) is 0. The Morgan fingerprint density at radius 3 is 1.46 bits per heavy atom. The summed E-state index contributed by atoms with van der Waals surface area (Å²) in [6.45, 7) is 11.1. The van der Waals surface area contributed by atoms with Crippen LogP contribution in [0.4, 0.5) is 0 Å². The second kappa shape index (κ2) is 18.8. The molecule has 0 aromatic heterocycles. The number of phosphoric acid groups is 1. The van der Waals surface area contributed by atoms with Crippen molar-refractivity contribution in [1.82, 2.24) is 0 Å². The molecule has 142 valence electrons. The van der Waals surface area contributed by atoms with E-state index in [1.807, 2.05) is 0 Å². The Bertz CT molecular complexity index is 279. The van der Waals surface area contributed by atoms with Crippen LogP contribution in [0.25, 0.3) is 0 Å². The molecular formula is C18H39HgO4P. The van der Waals surface area contributed by atoms with E-state index in [1.165, 1.54) is 3.93 Å². The molecule has 0 aliphatic heterocycles. The monoisotopic (exact) mass is 552 g/mol. The first-order chi connectivity index (χ1) is 11.4. The predicted molar refractivity (Wildman–Crippen MR) is 96.6 cm³/mol. The molecule has 0 saturated carbocycles. The third-order valence-electron chi connectivity index (χ3n) is 4.02. The Balaban J connectivity index is 0. The van der Waals surface area contributed by atoms with E-state index in [4.69, 9.17) is 9.05 Å². The molecule has 0 saturated heterocycles. The van der Waals surface area contributed by atoms with Crippen LogP contribution in [0.15, 0.2) is 0 Å². The second-order valence-corrected chi connectivity index (χ2v) is 11.7. The van der Waals surface area contributed by atoms with Crippen LogP contribution >= 0.6 is 7.82 Å². The average molecular weight is 551 g/mol. The van der Waals surface area contributed by atoms with E-state index in [1.54, 1.807) is 0 Å². The summed E-state index contributed by atoms with van der Waals surface area (Å²) in [5, 5.41) is 0. The van der Waals surface area contributed by atoms with Gasteiger partial charge < -0.3 is 13.9 Å². The molecule has 6 heteroatoms. The summed E-state index contributed by atoms with van der Waals surface area (Å²) in [4.78, 5) is 11.8. The zero-order chi connectivity index (χ0) is 18.8. The summed E-state index contributed by atoms with van der Waals surface area (Å²) >= 11 is 1.07. The average Bonchev–Trinajstić information content (AvgIpc) is 2.56. The van der Waals surface area contributed by atoms with Crippen LogP contribution in [-0.4, -0.2) is 13.2 Å². The fourth-order valence-electron chi connectivity index (χ4n) is 2.23. The summed E-state index contributed by atoms with van der Waals surface area (Å²) in [5.41, 5.74) is 0. The topological polar surface area (TPSA) is 58.6 Å². The zero-order valence-electron chi connectivity index (χ0n) is 16.7. The molecule has 4 nitrogen and oxygen atoms in total. The van der Waals surface area contributed by atoms with Crippen molar-refractivity contribution in [2.45, 2.75) is 89.9 Å². The molecule has 0 radical (unpaired) electrons. The van der Waals surface area contributed by atoms with Crippen molar-refractivity contribution in [2.24, 2.45) is 11.8 Å². The summed E-state index contributed by atoms with van der Waals surface area (Å²) in [7, 11) is -4.14. The third kappa shape index (κ3) is 17.9. The molecule has 0 heterocycles. The standard InChI is InChI=1S/C16H35O4P.C2H5.Hg/c1-5-9-11-15(7-3)13-19-21(17,18)20-14-16(8-4)12-10-6-2;1-2;/h15-16H,5-14H2,1-4H3,(H,17,18);1H2,2H3;/q;;+1/p-1. The molecule has 2 unspecified atom stereocenters. The number of hydrogen-bond acceptors (Lipinski definition) is 4. The summed E-state index contributed by atoms with van der Waals surface area (Å²) < 4.78 is 23.4. The van der Waals surface area contributed by atoms with E-state index >= 15 is 0 Å². The zero-order valence-corrected chi connectivity index (χ0v) is 23.1. The van der Waals surface area contributed by atoms with Crippen LogP contribution in [0.1, 0.15) is 86.0 Å². The van der Waals surface area contributed by atoms with Gasteiger partial charge in [-0.1, -0.05) is 66.2 Å². The molecule has 0 aliphatic carbocycles. The quantitative estimate of drug-likeness (QED) is 0.200. The molecule has 0 spiro atoms. The number of unbranched alkanes of at least 4 members (excludes halogenated alkanes) is 2. The van der Waals surface area contributed by atoms with Gasteiger partial charge in [0, 0.05) is 0 Å². The van der Waals surface area contributed by atoms with Crippen molar-refractivity contribution in [3.05, 3.63) is 0 Å². The van der Waals surface area contributed by atoms with Crippen molar-refractivity contribution in [1.29, 1.82) is 0 Å². The Hall–Kier alpha value is 1.05. The van der Waals surface area contributed by atoms with E-state index in [0.29, 0.717) is 11.8 Å².